The lowest BCUT2D eigenvalue weighted by Crippen LogP contribution is -2.28. The van der Waals surface area contributed by atoms with Crippen molar-refractivity contribution in [1.29, 1.82) is 0 Å². The molecular formula is C117H94N2. The van der Waals surface area contributed by atoms with Crippen LogP contribution in [0.15, 0.2) is 400 Å². The van der Waals surface area contributed by atoms with Gasteiger partial charge >= 0.3 is 0 Å². The van der Waals surface area contributed by atoms with Gasteiger partial charge in [-0.15, -0.1) is 0 Å². The molecule has 2 nitrogen and oxygen atoms in total. The first-order valence-corrected chi connectivity index (χ1v) is 42.7. The van der Waals surface area contributed by atoms with E-state index in [1.54, 1.807) is 0 Å². The molecule has 0 radical (unpaired) electrons. The summed E-state index contributed by atoms with van der Waals surface area (Å²) in [5.41, 5.74) is 44.1. The molecule has 2 unspecified atom stereocenters. The molecule has 119 heavy (non-hydrogen) atoms. The zero-order valence-electron chi connectivity index (χ0n) is 68.5. The monoisotopic (exact) mass is 1530 g/mol. The first-order valence-electron chi connectivity index (χ1n) is 42.7. The Labute approximate surface area is 701 Å². The normalized spacial score (nSPS) is 14.3. The van der Waals surface area contributed by atoms with Crippen molar-refractivity contribution in [2.24, 2.45) is 0 Å². The predicted octanol–water partition coefficient (Wildman–Crippen LogP) is 31.4. The lowest BCUT2D eigenvalue weighted by atomic mass is 9.67. The maximum Gasteiger partial charge on any atom is 0.0713 e. The summed E-state index contributed by atoms with van der Waals surface area (Å²) < 4.78 is 0. The van der Waals surface area contributed by atoms with E-state index in [9.17, 15) is 0 Å². The molecule has 0 amide bonds. The average molecular weight is 1530 g/mol. The second-order valence-electron chi connectivity index (χ2n) is 34.6. The summed E-state index contributed by atoms with van der Waals surface area (Å²) in [6.07, 6.45) is 4.60. The molecule has 21 rings (SSSR count). The fourth-order valence-corrected chi connectivity index (χ4v) is 20.5. The number of fused-ring (bicyclic) bond motifs is 10. The fraction of sp³-hybridized carbons (Fsp3) is 0.128. The van der Waals surface area contributed by atoms with Gasteiger partial charge < -0.3 is 9.80 Å². The maximum absolute atomic E-state index is 2.49. The number of hydrogen-bond acceptors (Lipinski definition) is 2. The molecule has 17 aromatic carbocycles. The highest BCUT2D eigenvalue weighted by Gasteiger charge is 2.47. The molecule has 0 heterocycles. The van der Waals surface area contributed by atoms with Crippen molar-refractivity contribution in [3.63, 3.8) is 0 Å². The second-order valence-corrected chi connectivity index (χ2v) is 34.6. The molecule has 2 heteroatoms. The maximum atomic E-state index is 2.49. The van der Waals surface area contributed by atoms with Gasteiger partial charge in [0.05, 0.1) is 5.41 Å². The molecule has 0 fully saturated rings. The van der Waals surface area contributed by atoms with Gasteiger partial charge in [0, 0.05) is 45.0 Å². The molecule has 17 aromatic rings. The Hall–Kier alpha value is -13.7. The van der Waals surface area contributed by atoms with Gasteiger partial charge in [-0.2, -0.15) is 0 Å². The van der Waals surface area contributed by atoms with E-state index in [0.29, 0.717) is 11.8 Å². The summed E-state index contributed by atoms with van der Waals surface area (Å²) in [7, 11) is 0. The summed E-state index contributed by atoms with van der Waals surface area (Å²) in [6, 6.07) is 152. The van der Waals surface area contributed by atoms with Crippen molar-refractivity contribution < 1.29 is 0 Å². The van der Waals surface area contributed by atoms with Crippen molar-refractivity contribution in [2.45, 2.75) is 95.3 Å². The predicted molar refractivity (Wildman–Crippen MR) is 501 cm³/mol. The SMILES string of the molecule is CCC(CC(C)c1ccc(-c2ccc3c(c2)CC3)cc1)c1ccc(-c2ccc(C3(c4ccccc4)c4ccc(-c5ccc(N(c6ccc(-c7ccccc7)cc6)c6ccc7c(c6)C(C)(C)c6ccccc6-7)cc5)cc4-c4cc(-c5ccc(N(c6ccc(-c7ccccc7)cc6)c6ccc7c(c6)C(C)(C)c6ccccc6-7)cc5)ccc43)cc2)cc1. The Bertz CT molecular complexity index is 6390. The molecule has 0 aromatic heterocycles. The van der Waals surface area contributed by atoms with Crippen LogP contribution < -0.4 is 9.80 Å². The van der Waals surface area contributed by atoms with E-state index in [0.717, 1.165) is 69.2 Å². The van der Waals surface area contributed by atoms with Gasteiger partial charge in [0.25, 0.3) is 0 Å². The van der Waals surface area contributed by atoms with Crippen LogP contribution >= 0.6 is 0 Å². The standard InChI is InChI=1S/C117H94N2/c1-7-78(71-77(2)79-31-33-87(34-32-79)91-41-39-88-40-42-92(88)72-91)82-35-37-83(38-36-82)84-43-55-96(56-44-84)117(95-25-15-10-16-26-95)111-69-53-93(89-49-61-99(62-50-89)118(97-57-45-85(46-58-97)80-21-11-8-12-22-80)101-65-67-105-103-27-17-19-29-109(103)115(3,4)113(105)75-101)73-107(111)108-74-94(54-70-112(108)117)90-51-63-100(64-52-90)119(98-59-47-86(48-60-98)81-23-13-9-14-24-81)102-66-68-106-104-28-18-20-30-110(104)116(5,6)114(106)76-102/h8-39,41,43-70,72-78H,7,40,42,71H2,1-6H3. The Kier molecular flexibility index (Phi) is 18.1. The molecule has 4 aliphatic carbocycles. The highest BCUT2D eigenvalue weighted by molar-refractivity contribution is 5.94. The van der Waals surface area contributed by atoms with E-state index in [1.807, 2.05) is 0 Å². The van der Waals surface area contributed by atoms with Crippen LogP contribution in [0.25, 0.3) is 100 Å². The number of anilines is 6. The van der Waals surface area contributed by atoms with Crippen LogP contribution in [0.3, 0.4) is 0 Å². The number of aryl methyl sites for hydroxylation is 2. The minimum absolute atomic E-state index is 0.160. The van der Waals surface area contributed by atoms with Crippen LogP contribution in [0.5, 0.6) is 0 Å². The van der Waals surface area contributed by atoms with E-state index in [-0.39, 0.29) is 10.8 Å². The average Bonchev–Trinajstić information content (AvgIpc) is 1.53. The van der Waals surface area contributed by atoms with Crippen molar-refractivity contribution in [2.75, 3.05) is 9.80 Å². The van der Waals surface area contributed by atoms with Gasteiger partial charge in [-0.05, 0) is 289 Å². The van der Waals surface area contributed by atoms with Crippen molar-refractivity contribution >= 4 is 34.1 Å². The lowest BCUT2D eigenvalue weighted by molar-refractivity contribution is 0.544. The Morgan fingerprint density at radius 3 is 0.975 bits per heavy atom. The topological polar surface area (TPSA) is 6.48 Å². The van der Waals surface area contributed by atoms with E-state index in [2.05, 4.69) is 452 Å². The Morgan fingerprint density at radius 1 is 0.244 bits per heavy atom. The molecule has 0 saturated carbocycles. The zero-order valence-corrected chi connectivity index (χ0v) is 68.5. The van der Waals surface area contributed by atoms with Crippen LogP contribution in [-0.4, -0.2) is 0 Å². The summed E-state index contributed by atoms with van der Waals surface area (Å²) in [5, 5.41) is 0. The summed E-state index contributed by atoms with van der Waals surface area (Å²) >= 11 is 0. The highest BCUT2D eigenvalue weighted by Crippen LogP contribution is 2.59. The third-order valence-corrected chi connectivity index (χ3v) is 27.2. The van der Waals surface area contributed by atoms with Crippen molar-refractivity contribution in [3.8, 4) is 100 Å². The highest BCUT2D eigenvalue weighted by atomic mass is 15.1. The molecule has 0 N–H and O–H groups in total. The number of nitrogens with zero attached hydrogens (tertiary/aromatic N) is 2. The zero-order chi connectivity index (χ0) is 80.1. The van der Waals surface area contributed by atoms with Crippen LogP contribution in [0, 0.1) is 0 Å². The van der Waals surface area contributed by atoms with E-state index >= 15 is 0 Å². The lowest BCUT2D eigenvalue weighted by Gasteiger charge is -2.34. The number of hydrogen-bond donors (Lipinski definition) is 0. The summed E-state index contributed by atoms with van der Waals surface area (Å²) in [4.78, 5) is 4.87. The van der Waals surface area contributed by atoms with Crippen molar-refractivity contribution in [3.05, 3.63) is 467 Å². The molecule has 0 spiro atoms. The molecule has 4 aliphatic rings. The minimum atomic E-state index is -0.655. The van der Waals surface area contributed by atoms with Gasteiger partial charge in [0.15, 0.2) is 0 Å². The van der Waals surface area contributed by atoms with Crippen LogP contribution in [0.2, 0.25) is 0 Å². The van der Waals surface area contributed by atoms with Crippen LogP contribution in [-0.2, 0) is 29.1 Å². The second kappa shape index (κ2) is 29.5. The Balaban J connectivity index is 0.651. The van der Waals surface area contributed by atoms with E-state index < -0.39 is 5.41 Å². The van der Waals surface area contributed by atoms with Gasteiger partial charge in [-0.3, -0.25) is 0 Å². The van der Waals surface area contributed by atoms with Crippen LogP contribution in [0.4, 0.5) is 34.1 Å². The van der Waals surface area contributed by atoms with Gasteiger partial charge in [0.2, 0.25) is 0 Å². The van der Waals surface area contributed by atoms with Gasteiger partial charge in [-0.25, -0.2) is 0 Å². The van der Waals surface area contributed by atoms with Gasteiger partial charge in [0.1, 0.15) is 0 Å². The number of benzene rings is 17. The molecule has 572 valence electrons. The minimum Gasteiger partial charge on any atom is -0.310 e. The largest absolute Gasteiger partial charge is 0.310 e. The quantitative estimate of drug-likeness (QED) is 0.0796. The molecular weight excluding hydrogens is 1430 g/mol. The third kappa shape index (κ3) is 12.6. The molecule has 2 atom stereocenters. The summed E-state index contributed by atoms with van der Waals surface area (Å²) in [5.74, 6) is 0.877. The summed E-state index contributed by atoms with van der Waals surface area (Å²) in [6.45, 7) is 14.3. The van der Waals surface area contributed by atoms with Crippen molar-refractivity contribution in [1.82, 2.24) is 0 Å². The first-order chi connectivity index (χ1) is 58.3. The smallest absolute Gasteiger partial charge is 0.0713 e. The van der Waals surface area contributed by atoms with E-state index in [4.69, 9.17) is 0 Å². The third-order valence-electron chi connectivity index (χ3n) is 27.2. The molecule has 0 bridgehead atoms. The number of rotatable bonds is 19. The molecule has 0 saturated heterocycles. The van der Waals surface area contributed by atoms with Gasteiger partial charge in [-0.1, -0.05) is 357 Å². The molecule has 0 aliphatic heterocycles. The Morgan fingerprint density at radius 2 is 0.563 bits per heavy atom. The fourth-order valence-electron chi connectivity index (χ4n) is 20.5. The van der Waals surface area contributed by atoms with Crippen LogP contribution in [0.1, 0.15) is 133 Å². The van der Waals surface area contributed by atoms with E-state index in [1.165, 1.54) is 157 Å². The first kappa shape index (κ1) is 73.0.